The van der Waals surface area contributed by atoms with Crippen LogP contribution in [0.5, 0.6) is 5.75 Å². The Morgan fingerprint density at radius 1 is 1.18 bits per heavy atom. The Labute approximate surface area is 142 Å². The number of hydrogen-bond donors (Lipinski definition) is 1. The van der Waals surface area contributed by atoms with E-state index in [4.69, 9.17) is 23.8 Å². The molecule has 0 aromatic heterocycles. The average Bonchev–Trinajstić information content (AvgIpc) is 2.76. The number of carbonyl (C=O) groups is 1. The SMILES string of the molecule is O=C1/C(=C\c2ccc(Cl)cc2)SC(=S)N1c1cccc(O)c1. The Bertz CT molecular complexity index is 787. The number of amides is 1. The van der Waals surface area contributed by atoms with Crippen LogP contribution >= 0.6 is 35.6 Å². The lowest BCUT2D eigenvalue weighted by molar-refractivity contribution is -0.113. The Kier molecular flexibility index (Phi) is 4.20. The first-order valence-electron chi connectivity index (χ1n) is 6.37. The van der Waals surface area contributed by atoms with Crippen LogP contribution in [-0.2, 0) is 4.79 Å². The van der Waals surface area contributed by atoms with Gasteiger partial charge in [0.15, 0.2) is 4.32 Å². The van der Waals surface area contributed by atoms with E-state index in [1.54, 1.807) is 36.4 Å². The highest BCUT2D eigenvalue weighted by molar-refractivity contribution is 8.27. The van der Waals surface area contributed by atoms with Crippen LogP contribution in [-0.4, -0.2) is 15.3 Å². The first-order chi connectivity index (χ1) is 10.5. The summed E-state index contributed by atoms with van der Waals surface area (Å²) in [7, 11) is 0. The number of rotatable bonds is 2. The predicted octanol–water partition coefficient (Wildman–Crippen LogP) is 4.45. The second kappa shape index (κ2) is 6.12. The van der Waals surface area contributed by atoms with Crippen LogP contribution in [0.2, 0.25) is 5.02 Å². The summed E-state index contributed by atoms with van der Waals surface area (Å²) >= 11 is 12.4. The van der Waals surface area contributed by atoms with Crippen LogP contribution in [0.4, 0.5) is 5.69 Å². The van der Waals surface area contributed by atoms with Crippen LogP contribution in [0.25, 0.3) is 6.08 Å². The molecule has 3 rings (SSSR count). The van der Waals surface area contributed by atoms with Crippen LogP contribution in [0.3, 0.4) is 0 Å². The molecule has 1 aliphatic heterocycles. The molecule has 0 spiro atoms. The number of hydrogen-bond acceptors (Lipinski definition) is 4. The molecule has 22 heavy (non-hydrogen) atoms. The summed E-state index contributed by atoms with van der Waals surface area (Å²) in [5.74, 6) is -0.108. The molecule has 0 unspecified atom stereocenters. The molecule has 1 aliphatic rings. The van der Waals surface area contributed by atoms with Crippen LogP contribution < -0.4 is 4.90 Å². The highest BCUT2D eigenvalue weighted by atomic mass is 35.5. The van der Waals surface area contributed by atoms with Gasteiger partial charge in [0, 0.05) is 11.1 Å². The van der Waals surface area contributed by atoms with E-state index in [1.807, 2.05) is 12.1 Å². The smallest absolute Gasteiger partial charge is 0.270 e. The summed E-state index contributed by atoms with van der Waals surface area (Å²) < 4.78 is 0.441. The first kappa shape index (κ1) is 15.1. The standard InChI is InChI=1S/C16H10ClNO2S2/c17-11-6-4-10(5-7-11)8-14-15(20)18(16(21)22-14)12-2-1-3-13(19)9-12/h1-9,19H/b14-8+. The van der Waals surface area contributed by atoms with Gasteiger partial charge in [-0.1, -0.05) is 53.8 Å². The second-order valence-corrected chi connectivity index (χ2v) is 6.70. The average molecular weight is 348 g/mol. The van der Waals surface area contributed by atoms with E-state index in [0.717, 1.165) is 5.56 Å². The maximum absolute atomic E-state index is 12.5. The molecular formula is C16H10ClNO2S2. The number of thioether (sulfide) groups is 1. The van der Waals surface area contributed by atoms with Crippen molar-refractivity contribution < 1.29 is 9.90 Å². The van der Waals surface area contributed by atoms with Crippen molar-refractivity contribution in [2.24, 2.45) is 0 Å². The zero-order chi connectivity index (χ0) is 15.7. The molecule has 1 heterocycles. The first-order valence-corrected chi connectivity index (χ1v) is 7.97. The molecule has 0 atom stereocenters. The number of halogens is 1. The Hall–Kier alpha value is -1.82. The van der Waals surface area contributed by atoms with Crippen molar-refractivity contribution in [1.82, 2.24) is 0 Å². The van der Waals surface area contributed by atoms with Gasteiger partial charge < -0.3 is 5.11 Å². The molecule has 1 amide bonds. The molecule has 0 bridgehead atoms. The maximum Gasteiger partial charge on any atom is 0.270 e. The Morgan fingerprint density at radius 2 is 1.91 bits per heavy atom. The van der Waals surface area contributed by atoms with Crippen LogP contribution in [0.15, 0.2) is 53.4 Å². The van der Waals surface area contributed by atoms with Crippen molar-refractivity contribution in [3.05, 3.63) is 64.0 Å². The van der Waals surface area contributed by atoms with Gasteiger partial charge in [0.1, 0.15) is 5.75 Å². The van der Waals surface area contributed by atoms with E-state index in [9.17, 15) is 9.90 Å². The van der Waals surface area contributed by atoms with Crippen LogP contribution in [0.1, 0.15) is 5.56 Å². The zero-order valence-corrected chi connectivity index (χ0v) is 13.6. The lowest BCUT2D eigenvalue weighted by Crippen LogP contribution is -2.27. The predicted molar refractivity (Wildman–Crippen MR) is 95.2 cm³/mol. The number of carbonyl (C=O) groups excluding carboxylic acids is 1. The van der Waals surface area contributed by atoms with E-state index in [-0.39, 0.29) is 11.7 Å². The van der Waals surface area contributed by atoms with Gasteiger partial charge in [-0.2, -0.15) is 0 Å². The Balaban J connectivity index is 1.93. The molecule has 1 fully saturated rings. The second-order valence-electron chi connectivity index (χ2n) is 4.59. The number of nitrogens with zero attached hydrogens (tertiary/aromatic N) is 1. The van der Waals surface area contributed by atoms with Gasteiger partial charge in [0.25, 0.3) is 5.91 Å². The molecule has 0 radical (unpaired) electrons. The van der Waals surface area contributed by atoms with Crippen LogP contribution in [0, 0.1) is 0 Å². The minimum atomic E-state index is -0.199. The van der Waals surface area contributed by atoms with Gasteiger partial charge in [0.05, 0.1) is 10.6 Å². The normalized spacial score (nSPS) is 16.6. The summed E-state index contributed by atoms with van der Waals surface area (Å²) in [6.07, 6.45) is 1.78. The van der Waals surface area contributed by atoms with E-state index in [1.165, 1.54) is 22.7 Å². The molecule has 1 saturated heterocycles. The number of benzene rings is 2. The third-order valence-corrected chi connectivity index (χ3v) is 4.60. The monoisotopic (exact) mass is 347 g/mol. The molecule has 110 valence electrons. The van der Waals surface area contributed by atoms with Crippen molar-refractivity contribution >= 4 is 57.6 Å². The summed E-state index contributed by atoms with van der Waals surface area (Å²) in [5, 5.41) is 10.2. The van der Waals surface area contributed by atoms with Crippen molar-refractivity contribution in [3.63, 3.8) is 0 Å². The van der Waals surface area contributed by atoms with E-state index >= 15 is 0 Å². The fourth-order valence-electron chi connectivity index (χ4n) is 2.03. The van der Waals surface area contributed by atoms with Gasteiger partial charge in [-0.15, -0.1) is 0 Å². The van der Waals surface area contributed by atoms with E-state index in [2.05, 4.69) is 0 Å². The molecule has 2 aromatic carbocycles. The number of phenolic OH excluding ortho intramolecular Hbond substituents is 1. The van der Waals surface area contributed by atoms with Gasteiger partial charge in [0.2, 0.25) is 0 Å². The maximum atomic E-state index is 12.5. The van der Waals surface area contributed by atoms with E-state index in [0.29, 0.717) is 19.9 Å². The summed E-state index contributed by atoms with van der Waals surface area (Å²) in [4.78, 5) is 14.5. The molecule has 0 aliphatic carbocycles. The topological polar surface area (TPSA) is 40.5 Å². The molecule has 6 heteroatoms. The highest BCUT2D eigenvalue weighted by Gasteiger charge is 2.33. The molecule has 3 nitrogen and oxygen atoms in total. The number of phenols is 1. The number of anilines is 1. The van der Waals surface area contributed by atoms with Gasteiger partial charge >= 0.3 is 0 Å². The molecule has 0 saturated carbocycles. The summed E-state index contributed by atoms with van der Waals surface area (Å²) in [6, 6.07) is 13.7. The zero-order valence-electron chi connectivity index (χ0n) is 11.2. The van der Waals surface area contributed by atoms with Crippen molar-refractivity contribution in [2.45, 2.75) is 0 Å². The van der Waals surface area contributed by atoms with Gasteiger partial charge in [-0.05, 0) is 35.9 Å². The highest BCUT2D eigenvalue weighted by Crippen LogP contribution is 2.36. The lowest BCUT2D eigenvalue weighted by Gasteiger charge is -2.14. The van der Waals surface area contributed by atoms with Crippen molar-refractivity contribution in [3.8, 4) is 5.75 Å². The fourth-order valence-corrected chi connectivity index (χ4v) is 3.46. The third kappa shape index (κ3) is 3.02. The summed E-state index contributed by atoms with van der Waals surface area (Å²) in [6.45, 7) is 0. The van der Waals surface area contributed by atoms with Crippen molar-refractivity contribution in [1.29, 1.82) is 0 Å². The molecule has 1 N–H and O–H groups in total. The largest absolute Gasteiger partial charge is 0.508 e. The van der Waals surface area contributed by atoms with Gasteiger partial charge in [-0.25, -0.2) is 0 Å². The quantitative estimate of drug-likeness (QED) is 0.643. The van der Waals surface area contributed by atoms with Crippen molar-refractivity contribution in [2.75, 3.05) is 4.90 Å². The minimum Gasteiger partial charge on any atom is -0.508 e. The number of aromatic hydroxyl groups is 1. The molecule has 2 aromatic rings. The Morgan fingerprint density at radius 3 is 2.59 bits per heavy atom. The lowest BCUT2D eigenvalue weighted by atomic mass is 10.2. The molecular weight excluding hydrogens is 338 g/mol. The van der Waals surface area contributed by atoms with Gasteiger partial charge in [-0.3, -0.25) is 9.69 Å². The number of thiocarbonyl (C=S) groups is 1. The summed E-state index contributed by atoms with van der Waals surface area (Å²) in [5.41, 5.74) is 1.43. The fraction of sp³-hybridized carbons (Fsp3) is 0. The van der Waals surface area contributed by atoms with E-state index < -0.39 is 0 Å². The minimum absolute atomic E-state index is 0.0910. The third-order valence-electron chi connectivity index (χ3n) is 3.05.